The predicted molar refractivity (Wildman–Crippen MR) is 78.6 cm³/mol. The number of hydrogen-bond acceptors (Lipinski definition) is 3. The van der Waals surface area contributed by atoms with E-state index < -0.39 is 0 Å². The lowest BCUT2D eigenvalue weighted by Crippen LogP contribution is -2.18. The summed E-state index contributed by atoms with van der Waals surface area (Å²) >= 11 is 0. The normalized spacial score (nSPS) is 14.7. The van der Waals surface area contributed by atoms with Crippen molar-refractivity contribution in [2.45, 2.75) is 65.5 Å². The molecule has 0 amide bonds. The molecule has 1 heterocycles. The molecule has 1 aromatic heterocycles. The Hall–Kier alpha value is -1.09. The van der Waals surface area contributed by atoms with Crippen molar-refractivity contribution in [2.24, 2.45) is 0 Å². The van der Waals surface area contributed by atoms with Crippen LogP contribution in [-0.4, -0.2) is 17.6 Å². The SMILES string of the molecule is CCCCCOc1nc(C)cc(C)c1CNC1CC1. The molecule has 1 aromatic rings. The van der Waals surface area contributed by atoms with E-state index in [1.807, 2.05) is 6.92 Å². The number of rotatable bonds is 8. The van der Waals surface area contributed by atoms with Gasteiger partial charge in [0.2, 0.25) is 5.88 Å². The number of unbranched alkanes of at least 4 members (excludes halogenated alkanes) is 2. The second-order valence-corrected chi connectivity index (χ2v) is 5.57. The van der Waals surface area contributed by atoms with Gasteiger partial charge in [-0.2, -0.15) is 0 Å². The van der Waals surface area contributed by atoms with E-state index in [1.165, 1.54) is 36.8 Å². The van der Waals surface area contributed by atoms with Gasteiger partial charge in [-0.3, -0.25) is 0 Å². The topological polar surface area (TPSA) is 34.1 Å². The van der Waals surface area contributed by atoms with E-state index in [0.717, 1.165) is 31.1 Å². The van der Waals surface area contributed by atoms with Gasteiger partial charge in [0, 0.05) is 23.8 Å². The van der Waals surface area contributed by atoms with E-state index in [9.17, 15) is 0 Å². The average molecular weight is 262 g/mol. The summed E-state index contributed by atoms with van der Waals surface area (Å²) in [6, 6.07) is 2.86. The summed E-state index contributed by atoms with van der Waals surface area (Å²) in [7, 11) is 0. The van der Waals surface area contributed by atoms with Crippen molar-refractivity contribution >= 4 is 0 Å². The van der Waals surface area contributed by atoms with Gasteiger partial charge in [-0.05, 0) is 44.7 Å². The Kier molecular flexibility index (Phi) is 5.20. The molecule has 0 radical (unpaired) electrons. The second kappa shape index (κ2) is 6.90. The number of pyridine rings is 1. The van der Waals surface area contributed by atoms with Crippen molar-refractivity contribution in [2.75, 3.05) is 6.61 Å². The Bertz CT molecular complexity index is 413. The molecule has 0 spiro atoms. The van der Waals surface area contributed by atoms with Gasteiger partial charge < -0.3 is 10.1 Å². The maximum atomic E-state index is 5.90. The third kappa shape index (κ3) is 4.50. The highest BCUT2D eigenvalue weighted by atomic mass is 16.5. The molecule has 1 fully saturated rings. The number of nitrogens with one attached hydrogen (secondary N) is 1. The molecular weight excluding hydrogens is 236 g/mol. The van der Waals surface area contributed by atoms with Crippen LogP contribution in [0.15, 0.2) is 6.07 Å². The monoisotopic (exact) mass is 262 g/mol. The van der Waals surface area contributed by atoms with Gasteiger partial charge in [0.25, 0.3) is 0 Å². The zero-order valence-corrected chi connectivity index (χ0v) is 12.5. The largest absolute Gasteiger partial charge is 0.477 e. The van der Waals surface area contributed by atoms with Crippen LogP contribution in [0.5, 0.6) is 5.88 Å². The van der Waals surface area contributed by atoms with Gasteiger partial charge in [-0.25, -0.2) is 4.98 Å². The second-order valence-electron chi connectivity index (χ2n) is 5.57. The fraction of sp³-hybridized carbons (Fsp3) is 0.688. The lowest BCUT2D eigenvalue weighted by molar-refractivity contribution is 0.290. The first-order chi connectivity index (χ1) is 9.20. The molecule has 1 N–H and O–H groups in total. The first-order valence-corrected chi connectivity index (χ1v) is 7.54. The number of aromatic nitrogens is 1. The minimum atomic E-state index is 0.716. The number of nitrogens with zero attached hydrogens (tertiary/aromatic N) is 1. The Labute approximate surface area is 116 Å². The van der Waals surface area contributed by atoms with Crippen molar-refractivity contribution in [3.63, 3.8) is 0 Å². The van der Waals surface area contributed by atoms with Gasteiger partial charge in [0.05, 0.1) is 6.61 Å². The summed E-state index contributed by atoms with van der Waals surface area (Å²) < 4.78 is 5.90. The smallest absolute Gasteiger partial charge is 0.218 e. The third-order valence-corrected chi connectivity index (χ3v) is 3.57. The van der Waals surface area contributed by atoms with Gasteiger partial charge >= 0.3 is 0 Å². The lowest BCUT2D eigenvalue weighted by atomic mass is 10.1. The maximum absolute atomic E-state index is 5.90. The van der Waals surface area contributed by atoms with Crippen LogP contribution in [0.4, 0.5) is 0 Å². The van der Waals surface area contributed by atoms with Gasteiger partial charge in [0.1, 0.15) is 0 Å². The molecule has 3 nitrogen and oxygen atoms in total. The highest BCUT2D eigenvalue weighted by Gasteiger charge is 2.21. The predicted octanol–water partition coefficient (Wildman–Crippen LogP) is 3.52. The quantitative estimate of drug-likeness (QED) is 0.728. The van der Waals surface area contributed by atoms with Crippen LogP contribution in [0.25, 0.3) is 0 Å². The van der Waals surface area contributed by atoms with Gasteiger partial charge in [0.15, 0.2) is 0 Å². The van der Waals surface area contributed by atoms with Crippen molar-refractivity contribution < 1.29 is 4.74 Å². The van der Waals surface area contributed by atoms with Crippen LogP contribution in [0, 0.1) is 13.8 Å². The van der Waals surface area contributed by atoms with Crippen molar-refractivity contribution in [3.05, 3.63) is 22.9 Å². The van der Waals surface area contributed by atoms with Gasteiger partial charge in [-0.1, -0.05) is 19.8 Å². The Morgan fingerprint density at radius 3 is 2.79 bits per heavy atom. The number of hydrogen-bond donors (Lipinski definition) is 1. The summed E-state index contributed by atoms with van der Waals surface area (Å²) in [5.41, 5.74) is 3.55. The van der Waals surface area contributed by atoms with Crippen LogP contribution in [0.1, 0.15) is 55.8 Å². The molecule has 0 aromatic carbocycles. The number of ether oxygens (including phenoxy) is 1. The summed E-state index contributed by atoms with van der Waals surface area (Å²) in [6.07, 6.45) is 6.18. The molecule has 0 unspecified atom stereocenters. The maximum Gasteiger partial charge on any atom is 0.218 e. The molecule has 19 heavy (non-hydrogen) atoms. The summed E-state index contributed by atoms with van der Waals surface area (Å²) in [4.78, 5) is 4.57. The molecule has 1 aliphatic carbocycles. The molecule has 0 atom stereocenters. The summed E-state index contributed by atoms with van der Waals surface area (Å²) in [5.74, 6) is 0.835. The molecule has 3 heteroatoms. The minimum absolute atomic E-state index is 0.716. The molecule has 1 aliphatic rings. The molecule has 0 saturated heterocycles. The van der Waals surface area contributed by atoms with E-state index in [1.54, 1.807) is 0 Å². The molecule has 1 saturated carbocycles. The van der Waals surface area contributed by atoms with Crippen molar-refractivity contribution in [1.82, 2.24) is 10.3 Å². The first-order valence-electron chi connectivity index (χ1n) is 7.54. The van der Waals surface area contributed by atoms with Crippen LogP contribution in [-0.2, 0) is 6.54 Å². The zero-order valence-electron chi connectivity index (χ0n) is 12.5. The molecule has 0 aliphatic heterocycles. The Balaban J connectivity index is 1.99. The van der Waals surface area contributed by atoms with Crippen LogP contribution in [0.2, 0.25) is 0 Å². The zero-order chi connectivity index (χ0) is 13.7. The third-order valence-electron chi connectivity index (χ3n) is 3.57. The number of aryl methyl sites for hydroxylation is 2. The van der Waals surface area contributed by atoms with Crippen LogP contribution in [0.3, 0.4) is 0 Å². The fourth-order valence-corrected chi connectivity index (χ4v) is 2.22. The van der Waals surface area contributed by atoms with E-state index >= 15 is 0 Å². The van der Waals surface area contributed by atoms with Crippen LogP contribution < -0.4 is 10.1 Å². The van der Waals surface area contributed by atoms with Crippen LogP contribution >= 0.6 is 0 Å². The summed E-state index contributed by atoms with van der Waals surface area (Å²) in [6.45, 7) is 8.05. The van der Waals surface area contributed by atoms with Gasteiger partial charge in [-0.15, -0.1) is 0 Å². The molecule has 106 valence electrons. The van der Waals surface area contributed by atoms with E-state index in [4.69, 9.17) is 4.74 Å². The highest BCUT2D eigenvalue weighted by molar-refractivity contribution is 5.36. The van der Waals surface area contributed by atoms with E-state index in [-0.39, 0.29) is 0 Å². The van der Waals surface area contributed by atoms with E-state index in [0.29, 0.717) is 6.04 Å². The standard InChI is InChI=1S/C16H26N2O/c1-4-5-6-9-19-16-15(11-17-14-7-8-14)12(2)10-13(3)18-16/h10,14,17H,4-9,11H2,1-3H3. The fourth-order valence-electron chi connectivity index (χ4n) is 2.22. The van der Waals surface area contributed by atoms with Crippen molar-refractivity contribution in [3.8, 4) is 5.88 Å². The highest BCUT2D eigenvalue weighted by Crippen LogP contribution is 2.24. The Morgan fingerprint density at radius 1 is 1.32 bits per heavy atom. The van der Waals surface area contributed by atoms with E-state index in [2.05, 4.69) is 30.2 Å². The Morgan fingerprint density at radius 2 is 2.11 bits per heavy atom. The first kappa shape index (κ1) is 14.3. The molecule has 0 bridgehead atoms. The van der Waals surface area contributed by atoms with Crippen molar-refractivity contribution in [1.29, 1.82) is 0 Å². The average Bonchev–Trinajstić information content (AvgIpc) is 3.17. The minimum Gasteiger partial charge on any atom is -0.477 e. The summed E-state index contributed by atoms with van der Waals surface area (Å²) in [5, 5.41) is 3.56. The molecule has 2 rings (SSSR count). The lowest BCUT2D eigenvalue weighted by Gasteiger charge is -2.14. The molecular formula is C16H26N2O.